The topological polar surface area (TPSA) is 69.6 Å². The molecule has 31 heavy (non-hydrogen) atoms. The molecule has 1 aromatic carbocycles. The van der Waals surface area contributed by atoms with Crippen LogP contribution in [0.1, 0.15) is 25.0 Å². The summed E-state index contributed by atoms with van der Waals surface area (Å²) in [7, 11) is 0. The predicted molar refractivity (Wildman–Crippen MR) is 127 cm³/mol. The number of nitrogens with zero attached hydrogens (tertiary/aromatic N) is 3. The maximum absolute atomic E-state index is 12.8. The van der Waals surface area contributed by atoms with Gasteiger partial charge in [-0.05, 0) is 49.6 Å². The lowest BCUT2D eigenvalue weighted by Gasteiger charge is -2.20. The molecule has 1 saturated heterocycles. The van der Waals surface area contributed by atoms with E-state index in [9.17, 15) is 4.79 Å². The summed E-state index contributed by atoms with van der Waals surface area (Å²) in [6.07, 6.45) is 4.34. The summed E-state index contributed by atoms with van der Waals surface area (Å²) in [5, 5.41) is 6.22. The van der Waals surface area contributed by atoms with Gasteiger partial charge in [0.1, 0.15) is 5.25 Å². The van der Waals surface area contributed by atoms with Crippen molar-refractivity contribution in [1.29, 1.82) is 0 Å². The molecular weight excluding hydrogens is 430 g/mol. The number of carbonyl (C=O) groups is 1. The molecule has 4 atom stereocenters. The summed E-state index contributed by atoms with van der Waals surface area (Å²) in [6.45, 7) is 8.91. The van der Waals surface area contributed by atoms with Gasteiger partial charge in [0.2, 0.25) is 5.91 Å². The number of benzene rings is 1. The SMILES string of the molecule is C=C1C(Cc2ccc(Cl)cc2)C(C)NN1C1=NC(C)C(C(=O)NCc2cccnc2)S1. The highest BCUT2D eigenvalue weighted by Crippen LogP contribution is 2.35. The first kappa shape index (κ1) is 21.9. The summed E-state index contributed by atoms with van der Waals surface area (Å²) in [5.74, 6) is 0.217. The van der Waals surface area contributed by atoms with Gasteiger partial charge < -0.3 is 5.32 Å². The van der Waals surface area contributed by atoms with Crippen molar-refractivity contribution in [2.24, 2.45) is 10.9 Å². The summed E-state index contributed by atoms with van der Waals surface area (Å²) >= 11 is 7.50. The van der Waals surface area contributed by atoms with Crippen LogP contribution in [0.4, 0.5) is 0 Å². The lowest BCUT2D eigenvalue weighted by atomic mass is 9.92. The van der Waals surface area contributed by atoms with Gasteiger partial charge in [-0.3, -0.25) is 19.8 Å². The quantitative estimate of drug-likeness (QED) is 0.717. The van der Waals surface area contributed by atoms with Crippen LogP contribution in [0.2, 0.25) is 5.02 Å². The fourth-order valence-corrected chi connectivity index (χ4v) is 5.14. The summed E-state index contributed by atoms with van der Waals surface area (Å²) in [5.41, 5.74) is 6.64. The average molecular weight is 456 g/mol. The van der Waals surface area contributed by atoms with Gasteiger partial charge in [-0.2, -0.15) is 0 Å². The lowest BCUT2D eigenvalue weighted by Crippen LogP contribution is -2.38. The van der Waals surface area contributed by atoms with Gasteiger partial charge in [0, 0.05) is 41.6 Å². The molecule has 0 radical (unpaired) electrons. The summed E-state index contributed by atoms with van der Waals surface area (Å²) in [6, 6.07) is 11.8. The Labute approximate surface area is 192 Å². The number of hydrogen-bond donors (Lipinski definition) is 2. The number of amides is 1. The second-order valence-electron chi connectivity index (χ2n) is 7.95. The Hall–Kier alpha value is -2.35. The van der Waals surface area contributed by atoms with Crippen LogP contribution in [0.5, 0.6) is 0 Å². The zero-order valence-electron chi connectivity index (χ0n) is 17.6. The highest BCUT2D eigenvalue weighted by molar-refractivity contribution is 8.15. The Morgan fingerprint density at radius 1 is 1.26 bits per heavy atom. The van der Waals surface area contributed by atoms with Crippen LogP contribution in [0, 0.1) is 5.92 Å². The molecule has 3 heterocycles. The molecule has 0 bridgehead atoms. The molecule has 0 spiro atoms. The van der Waals surface area contributed by atoms with Gasteiger partial charge in [0.15, 0.2) is 5.17 Å². The third-order valence-electron chi connectivity index (χ3n) is 5.64. The second-order valence-corrected chi connectivity index (χ2v) is 9.50. The molecule has 2 N–H and O–H groups in total. The standard InChI is InChI=1S/C23H26ClN5OS/c1-14-20(11-17-6-8-19(24)9-7-17)16(3)29(28-14)23-27-15(2)21(31-23)22(30)26-13-18-5-4-10-25-12-18/h4-10,12,14-15,20-21,28H,3,11,13H2,1-2H3,(H,26,30). The van der Waals surface area contributed by atoms with E-state index < -0.39 is 0 Å². The fourth-order valence-electron chi connectivity index (χ4n) is 3.84. The maximum Gasteiger partial charge on any atom is 0.236 e. The van der Waals surface area contributed by atoms with E-state index in [1.54, 1.807) is 12.4 Å². The molecule has 0 aliphatic carbocycles. The number of carbonyl (C=O) groups excluding carboxylic acids is 1. The Bertz CT molecular complexity index is 981. The Morgan fingerprint density at radius 2 is 2.03 bits per heavy atom. The Balaban J connectivity index is 1.37. The number of nitrogens with one attached hydrogen (secondary N) is 2. The van der Waals surface area contributed by atoms with Crippen molar-refractivity contribution in [3.05, 3.63) is 77.2 Å². The number of pyridine rings is 1. The molecule has 1 aromatic heterocycles. The molecule has 162 valence electrons. The molecule has 2 aliphatic heterocycles. The predicted octanol–water partition coefficient (Wildman–Crippen LogP) is 3.79. The van der Waals surface area contributed by atoms with Crippen molar-refractivity contribution in [2.45, 2.75) is 44.1 Å². The van der Waals surface area contributed by atoms with Crippen molar-refractivity contribution >= 4 is 34.4 Å². The summed E-state index contributed by atoms with van der Waals surface area (Å²) in [4.78, 5) is 21.6. The van der Waals surface area contributed by atoms with E-state index in [-0.39, 0.29) is 29.2 Å². The van der Waals surface area contributed by atoms with E-state index in [1.807, 2.05) is 36.2 Å². The second kappa shape index (κ2) is 9.42. The maximum atomic E-state index is 12.8. The Morgan fingerprint density at radius 3 is 2.74 bits per heavy atom. The number of amidine groups is 1. The number of halogens is 1. The number of aliphatic imine (C=N–C) groups is 1. The highest BCUT2D eigenvalue weighted by Gasteiger charge is 2.41. The number of hydrogen-bond acceptors (Lipinski definition) is 6. The molecule has 1 fully saturated rings. The van der Waals surface area contributed by atoms with Crippen molar-refractivity contribution < 1.29 is 4.79 Å². The largest absolute Gasteiger partial charge is 0.351 e. The van der Waals surface area contributed by atoms with Gasteiger partial charge >= 0.3 is 0 Å². The molecule has 6 nitrogen and oxygen atoms in total. The van der Waals surface area contributed by atoms with Crippen LogP contribution in [0.25, 0.3) is 0 Å². The lowest BCUT2D eigenvalue weighted by molar-refractivity contribution is -0.120. The van der Waals surface area contributed by atoms with E-state index in [0.29, 0.717) is 6.54 Å². The summed E-state index contributed by atoms with van der Waals surface area (Å²) < 4.78 is 0. The minimum Gasteiger partial charge on any atom is -0.351 e. The minimum absolute atomic E-state index is 0.0179. The number of aromatic nitrogens is 1. The zero-order chi connectivity index (χ0) is 22.0. The first-order chi connectivity index (χ1) is 14.9. The fraction of sp³-hybridized carbons (Fsp3) is 0.348. The number of thioether (sulfide) groups is 1. The number of rotatable bonds is 5. The highest BCUT2D eigenvalue weighted by atomic mass is 35.5. The van der Waals surface area contributed by atoms with Crippen LogP contribution in [-0.2, 0) is 17.8 Å². The van der Waals surface area contributed by atoms with E-state index in [4.69, 9.17) is 16.6 Å². The van der Waals surface area contributed by atoms with Gasteiger partial charge in [-0.15, -0.1) is 0 Å². The number of hydrazine groups is 1. The molecule has 2 aliphatic rings. The minimum atomic E-state index is -0.271. The van der Waals surface area contributed by atoms with Crippen LogP contribution in [0.3, 0.4) is 0 Å². The van der Waals surface area contributed by atoms with Crippen LogP contribution < -0.4 is 10.7 Å². The monoisotopic (exact) mass is 455 g/mol. The van der Waals surface area contributed by atoms with E-state index in [0.717, 1.165) is 27.9 Å². The third-order valence-corrected chi connectivity index (χ3v) is 7.26. The molecular formula is C23H26ClN5OS. The Kier molecular flexibility index (Phi) is 6.65. The normalized spacial score (nSPS) is 25.6. The average Bonchev–Trinajstić information content (AvgIpc) is 3.29. The van der Waals surface area contributed by atoms with Crippen molar-refractivity contribution in [2.75, 3.05) is 0 Å². The van der Waals surface area contributed by atoms with Gasteiger partial charge in [0.05, 0.1) is 6.04 Å². The van der Waals surface area contributed by atoms with Gasteiger partial charge in [-0.25, -0.2) is 5.43 Å². The first-order valence-electron chi connectivity index (χ1n) is 10.3. The molecule has 8 heteroatoms. The van der Waals surface area contributed by atoms with E-state index in [1.165, 1.54) is 17.3 Å². The van der Waals surface area contributed by atoms with E-state index >= 15 is 0 Å². The smallest absolute Gasteiger partial charge is 0.236 e. The third kappa shape index (κ3) is 4.95. The van der Waals surface area contributed by atoms with Gasteiger partial charge in [0.25, 0.3) is 0 Å². The van der Waals surface area contributed by atoms with Crippen LogP contribution in [-0.4, -0.2) is 38.4 Å². The molecule has 0 saturated carbocycles. The molecule has 4 unspecified atom stereocenters. The molecule has 4 rings (SSSR count). The van der Waals surface area contributed by atoms with Gasteiger partial charge in [-0.1, -0.05) is 48.1 Å². The van der Waals surface area contributed by atoms with Crippen molar-refractivity contribution in [1.82, 2.24) is 20.7 Å². The van der Waals surface area contributed by atoms with Crippen LogP contribution >= 0.6 is 23.4 Å². The van der Waals surface area contributed by atoms with Crippen molar-refractivity contribution in [3.8, 4) is 0 Å². The van der Waals surface area contributed by atoms with E-state index in [2.05, 4.69) is 41.4 Å². The zero-order valence-corrected chi connectivity index (χ0v) is 19.2. The van der Waals surface area contributed by atoms with Crippen LogP contribution in [0.15, 0.2) is 66.1 Å². The first-order valence-corrected chi connectivity index (χ1v) is 11.6. The van der Waals surface area contributed by atoms with Crippen molar-refractivity contribution in [3.63, 3.8) is 0 Å². The molecule has 2 aromatic rings. The molecule has 1 amide bonds.